The highest BCUT2D eigenvalue weighted by atomic mass is 35.5. The number of anilines is 1. The molecule has 0 heterocycles. The predicted octanol–water partition coefficient (Wildman–Crippen LogP) is 3.80. The van der Waals surface area contributed by atoms with Crippen LogP contribution in [-0.2, 0) is 4.79 Å². The molecule has 2 aromatic rings. The van der Waals surface area contributed by atoms with Crippen molar-refractivity contribution >= 4 is 34.0 Å². The SMILES string of the molecule is CCC(=O)N(CCN(C)C)c1ccc(Cl)c2ccccc12. The molecule has 1 amide bonds. The Kier molecular flexibility index (Phi) is 5.21. The highest BCUT2D eigenvalue weighted by molar-refractivity contribution is 6.36. The van der Waals surface area contributed by atoms with E-state index in [0.29, 0.717) is 18.0 Å². The number of rotatable bonds is 5. The third kappa shape index (κ3) is 3.55. The first kappa shape index (κ1) is 15.8. The summed E-state index contributed by atoms with van der Waals surface area (Å²) < 4.78 is 0. The molecule has 0 unspecified atom stereocenters. The van der Waals surface area contributed by atoms with Gasteiger partial charge in [-0.1, -0.05) is 42.8 Å². The standard InChI is InChI=1S/C17H21ClN2O/c1-4-17(21)20(12-11-19(2)3)16-10-9-15(18)13-7-5-6-8-14(13)16/h5-10H,4,11-12H2,1-3H3. The lowest BCUT2D eigenvalue weighted by Gasteiger charge is -2.25. The maximum Gasteiger partial charge on any atom is 0.226 e. The maximum atomic E-state index is 12.3. The molecule has 0 aromatic heterocycles. The predicted molar refractivity (Wildman–Crippen MR) is 90.2 cm³/mol. The Balaban J connectivity index is 2.49. The van der Waals surface area contributed by atoms with Crippen LogP contribution >= 0.6 is 11.6 Å². The van der Waals surface area contributed by atoms with Crippen LogP contribution in [0.25, 0.3) is 10.8 Å². The molecule has 0 bridgehead atoms. The second-order valence-corrected chi connectivity index (χ2v) is 5.72. The molecule has 0 aliphatic rings. The number of hydrogen-bond donors (Lipinski definition) is 0. The second-order valence-electron chi connectivity index (χ2n) is 5.31. The molecule has 0 saturated carbocycles. The molecule has 21 heavy (non-hydrogen) atoms. The Bertz CT molecular complexity index is 640. The zero-order valence-corrected chi connectivity index (χ0v) is 13.5. The first-order chi connectivity index (χ1) is 10.0. The Hall–Kier alpha value is -1.58. The minimum Gasteiger partial charge on any atom is -0.311 e. The summed E-state index contributed by atoms with van der Waals surface area (Å²) in [5.41, 5.74) is 0.934. The van der Waals surface area contributed by atoms with Crippen LogP contribution in [0.1, 0.15) is 13.3 Å². The van der Waals surface area contributed by atoms with Crippen molar-refractivity contribution in [3.05, 3.63) is 41.4 Å². The average Bonchev–Trinajstić information content (AvgIpc) is 2.49. The Labute approximate surface area is 131 Å². The minimum atomic E-state index is 0.129. The number of amides is 1. The third-order valence-electron chi connectivity index (χ3n) is 3.51. The van der Waals surface area contributed by atoms with Gasteiger partial charge in [0.15, 0.2) is 0 Å². The first-order valence-corrected chi connectivity index (χ1v) is 7.54. The van der Waals surface area contributed by atoms with E-state index in [1.54, 1.807) is 0 Å². The van der Waals surface area contributed by atoms with Crippen molar-refractivity contribution < 1.29 is 4.79 Å². The van der Waals surface area contributed by atoms with Crippen molar-refractivity contribution in [2.75, 3.05) is 32.1 Å². The van der Waals surface area contributed by atoms with E-state index >= 15 is 0 Å². The van der Waals surface area contributed by atoms with Crippen LogP contribution in [0, 0.1) is 0 Å². The maximum absolute atomic E-state index is 12.3. The molecule has 4 heteroatoms. The molecule has 112 valence electrons. The van der Waals surface area contributed by atoms with Gasteiger partial charge in [-0.25, -0.2) is 0 Å². The fourth-order valence-corrected chi connectivity index (χ4v) is 2.58. The summed E-state index contributed by atoms with van der Waals surface area (Å²) in [6.07, 6.45) is 0.490. The quantitative estimate of drug-likeness (QED) is 0.839. The Morgan fingerprint density at radius 1 is 1.05 bits per heavy atom. The van der Waals surface area contributed by atoms with Crippen LogP contribution in [0.2, 0.25) is 5.02 Å². The van der Waals surface area contributed by atoms with Crippen molar-refractivity contribution in [3.8, 4) is 0 Å². The zero-order chi connectivity index (χ0) is 15.4. The molecule has 0 aliphatic carbocycles. The molecule has 0 atom stereocenters. The van der Waals surface area contributed by atoms with E-state index in [4.69, 9.17) is 11.6 Å². The number of likely N-dealkylation sites (N-methyl/N-ethyl adjacent to an activating group) is 1. The average molecular weight is 305 g/mol. The number of fused-ring (bicyclic) bond motifs is 1. The summed E-state index contributed by atoms with van der Waals surface area (Å²) >= 11 is 6.26. The van der Waals surface area contributed by atoms with Crippen LogP contribution < -0.4 is 4.90 Å². The smallest absolute Gasteiger partial charge is 0.226 e. The van der Waals surface area contributed by atoms with Crippen molar-refractivity contribution in [1.82, 2.24) is 4.90 Å². The summed E-state index contributed by atoms with van der Waals surface area (Å²) in [6.45, 7) is 3.39. The van der Waals surface area contributed by atoms with Gasteiger partial charge >= 0.3 is 0 Å². The number of nitrogens with zero attached hydrogens (tertiary/aromatic N) is 2. The van der Waals surface area contributed by atoms with E-state index in [1.165, 1.54) is 0 Å². The summed E-state index contributed by atoms with van der Waals surface area (Å²) in [4.78, 5) is 16.3. The Morgan fingerprint density at radius 2 is 1.71 bits per heavy atom. The molecule has 0 saturated heterocycles. The van der Waals surface area contributed by atoms with Crippen molar-refractivity contribution in [1.29, 1.82) is 0 Å². The molecule has 0 fully saturated rings. The fraction of sp³-hybridized carbons (Fsp3) is 0.353. The molecule has 0 spiro atoms. The molecule has 2 rings (SSSR count). The van der Waals surface area contributed by atoms with Crippen LogP contribution in [0.5, 0.6) is 0 Å². The van der Waals surface area contributed by atoms with Gasteiger partial charge in [0.2, 0.25) is 5.91 Å². The lowest BCUT2D eigenvalue weighted by Crippen LogP contribution is -2.36. The normalized spacial score (nSPS) is 11.1. The first-order valence-electron chi connectivity index (χ1n) is 7.17. The molecule has 3 nitrogen and oxygen atoms in total. The lowest BCUT2D eigenvalue weighted by atomic mass is 10.1. The summed E-state index contributed by atoms with van der Waals surface area (Å²) in [5, 5.41) is 2.71. The van der Waals surface area contributed by atoms with Gasteiger partial charge in [0.1, 0.15) is 0 Å². The topological polar surface area (TPSA) is 23.6 Å². The minimum absolute atomic E-state index is 0.129. The van der Waals surface area contributed by atoms with Gasteiger partial charge in [0.05, 0.1) is 5.69 Å². The number of hydrogen-bond acceptors (Lipinski definition) is 2. The largest absolute Gasteiger partial charge is 0.311 e. The van der Waals surface area contributed by atoms with Crippen LogP contribution in [-0.4, -0.2) is 38.0 Å². The zero-order valence-electron chi connectivity index (χ0n) is 12.8. The van der Waals surface area contributed by atoms with E-state index in [9.17, 15) is 4.79 Å². The van der Waals surface area contributed by atoms with Crippen LogP contribution in [0.4, 0.5) is 5.69 Å². The monoisotopic (exact) mass is 304 g/mol. The Morgan fingerprint density at radius 3 is 2.33 bits per heavy atom. The van der Waals surface area contributed by atoms with Crippen molar-refractivity contribution in [3.63, 3.8) is 0 Å². The lowest BCUT2D eigenvalue weighted by molar-refractivity contribution is -0.118. The summed E-state index contributed by atoms with van der Waals surface area (Å²) in [6, 6.07) is 11.7. The van der Waals surface area contributed by atoms with E-state index in [1.807, 2.05) is 62.3 Å². The fourth-order valence-electron chi connectivity index (χ4n) is 2.35. The third-order valence-corrected chi connectivity index (χ3v) is 3.84. The number of carbonyl (C=O) groups is 1. The highest BCUT2D eigenvalue weighted by Crippen LogP contribution is 2.32. The van der Waals surface area contributed by atoms with E-state index in [0.717, 1.165) is 23.0 Å². The van der Waals surface area contributed by atoms with E-state index < -0.39 is 0 Å². The number of carbonyl (C=O) groups excluding carboxylic acids is 1. The number of benzene rings is 2. The van der Waals surface area contributed by atoms with Gasteiger partial charge < -0.3 is 9.80 Å². The van der Waals surface area contributed by atoms with E-state index in [2.05, 4.69) is 4.90 Å². The van der Waals surface area contributed by atoms with Gasteiger partial charge in [-0.15, -0.1) is 0 Å². The second kappa shape index (κ2) is 6.92. The molecule has 0 N–H and O–H groups in total. The molecule has 0 radical (unpaired) electrons. The summed E-state index contributed by atoms with van der Waals surface area (Å²) in [5.74, 6) is 0.129. The molecule has 2 aromatic carbocycles. The van der Waals surface area contributed by atoms with Gasteiger partial charge in [-0.05, 0) is 26.2 Å². The molecular formula is C17H21ClN2O. The van der Waals surface area contributed by atoms with Crippen molar-refractivity contribution in [2.45, 2.75) is 13.3 Å². The van der Waals surface area contributed by atoms with Gasteiger partial charge in [0, 0.05) is 35.3 Å². The van der Waals surface area contributed by atoms with Crippen molar-refractivity contribution in [2.24, 2.45) is 0 Å². The van der Waals surface area contributed by atoms with Gasteiger partial charge in [-0.3, -0.25) is 4.79 Å². The molecular weight excluding hydrogens is 284 g/mol. The number of halogens is 1. The van der Waals surface area contributed by atoms with E-state index in [-0.39, 0.29) is 5.91 Å². The van der Waals surface area contributed by atoms with Gasteiger partial charge in [-0.2, -0.15) is 0 Å². The van der Waals surface area contributed by atoms with Crippen LogP contribution in [0.3, 0.4) is 0 Å². The van der Waals surface area contributed by atoms with Crippen LogP contribution in [0.15, 0.2) is 36.4 Å². The molecule has 0 aliphatic heterocycles. The summed E-state index contributed by atoms with van der Waals surface area (Å²) in [7, 11) is 4.02. The highest BCUT2D eigenvalue weighted by Gasteiger charge is 2.17. The van der Waals surface area contributed by atoms with Gasteiger partial charge in [0.25, 0.3) is 0 Å².